The van der Waals surface area contributed by atoms with Crippen LogP contribution in [0.25, 0.3) is 0 Å². The Morgan fingerprint density at radius 3 is 2.87 bits per heavy atom. The van der Waals surface area contributed by atoms with Gasteiger partial charge in [-0.3, -0.25) is 0 Å². The molecule has 0 radical (unpaired) electrons. The van der Waals surface area contributed by atoms with Gasteiger partial charge in [-0.25, -0.2) is 0 Å². The van der Waals surface area contributed by atoms with Crippen molar-refractivity contribution in [3.05, 3.63) is 35.4 Å². The summed E-state index contributed by atoms with van der Waals surface area (Å²) in [4.78, 5) is 0. The van der Waals surface area contributed by atoms with Crippen molar-refractivity contribution in [1.29, 1.82) is 0 Å². The van der Waals surface area contributed by atoms with Gasteiger partial charge < -0.3 is 10.1 Å². The first-order chi connectivity index (χ1) is 7.27. The summed E-state index contributed by atoms with van der Waals surface area (Å²) in [5.74, 6) is 0. The van der Waals surface area contributed by atoms with Crippen LogP contribution in [0.1, 0.15) is 24.5 Å². The second-order valence-electron chi connectivity index (χ2n) is 4.28. The van der Waals surface area contributed by atoms with Crippen LogP contribution in [0.2, 0.25) is 0 Å². The van der Waals surface area contributed by atoms with E-state index >= 15 is 0 Å². The van der Waals surface area contributed by atoms with Crippen molar-refractivity contribution in [3.8, 4) is 0 Å². The van der Waals surface area contributed by atoms with Crippen LogP contribution in [0.3, 0.4) is 0 Å². The largest absolute Gasteiger partial charge is 0.377 e. The summed E-state index contributed by atoms with van der Waals surface area (Å²) in [5, 5.41) is 3.56. The van der Waals surface area contributed by atoms with Crippen molar-refractivity contribution in [1.82, 2.24) is 5.32 Å². The molecule has 1 N–H and O–H groups in total. The lowest BCUT2D eigenvalue weighted by atomic mass is 10.1. The molecule has 2 atom stereocenters. The van der Waals surface area contributed by atoms with E-state index in [0.717, 1.165) is 19.6 Å². The molecule has 1 fully saturated rings. The van der Waals surface area contributed by atoms with Crippen molar-refractivity contribution in [2.75, 3.05) is 6.61 Å². The average molecular weight is 205 g/mol. The van der Waals surface area contributed by atoms with Gasteiger partial charge in [0.1, 0.15) is 0 Å². The highest BCUT2D eigenvalue weighted by molar-refractivity contribution is 5.25. The quantitative estimate of drug-likeness (QED) is 0.817. The Bertz CT molecular complexity index is 324. The van der Waals surface area contributed by atoms with Crippen LogP contribution in [0.4, 0.5) is 0 Å². The maximum atomic E-state index is 5.52. The summed E-state index contributed by atoms with van der Waals surface area (Å²) in [6.45, 7) is 6.14. The third kappa shape index (κ3) is 2.58. The SMILES string of the molecule is Cc1ccccc1CNC1CCOC1C. The summed E-state index contributed by atoms with van der Waals surface area (Å²) in [6.07, 6.45) is 1.49. The molecule has 1 aromatic rings. The molecule has 2 nitrogen and oxygen atoms in total. The van der Waals surface area contributed by atoms with Crippen molar-refractivity contribution >= 4 is 0 Å². The van der Waals surface area contributed by atoms with E-state index in [-0.39, 0.29) is 0 Å². The Morgan fingerprint density at radius 1 is 1.40 bits per heavy atom. The van der Waals surface area contributed by atoms with Gasteiger partial charge in [-0.2, -0.15) is 0 Å². The van der Waals surface area contributed by atoms with Crippen molar-refractivity contribution < 1.29 is 4.74 Å². The first-order valence-electron chi connectivity index (χ1n) is 5.67. The highest BCUT2D eigenvalue weighted by atomic mass is 16.5. The van der Waals surface area contributed by atoms with E-state index in [2.05, 4.69) is 43.4 Å². The molecule has 0 saturated carbocycles. The Kier molecular flexibility index (Phi) is 3.39. The lowest BCUT2D eigenvalue weighted by Crippen LogP contribution is -2.34. The van der Waals surface area contributed by atoms with E-state index in [9.17, 15) is 0 Å². The monoisotopic (exact) mass is 205 g/mol. The molecule has 1 aromatic carbocycles. The zero-order valence-corrected chi connectivity index (χ0v) is 9.49. The smallest absolute Gasteiger partial charge is 0.0700 e. The third-order valence-electron chi connectivity index (χ3n) is 3.19. The summed E-state index contributed by atoms with van der Waals surface area (Å²) >= 11 is 0. The van der Waals surface area contributed by atoms with Crippen LogP contribution < -0.4 is 5.32 Å². The van der Waals surface area contributed by atoms with Crippen LogP contribution in [0.5, 0.6) is 0 Å². The van der Waals surface area contributed by atoms with E-state index in [0.29, 0.717) is 12.1 Å². The topological polar surface area (TPSA) is 21.3 Å². The molecular weight excluding hydrogens is 186 g/mol. The van der Waals surface area contributed by atoms with E-state index in [1.54, 1.807) is 0 Å². The molecular formula is C13H19NO. The molecule has 2 rings (SSSR count). The number of hydrogen-bond acceptors (Lipinski definition) is 2. The van der Waals surface area contributed by atoms with Crippen LogP contribution in [-0.4, -0.2) is 18.8 Å². The molecule has 0 bridgehead atoms. The maximum Gasteiger partial charge on any atom is 0.0700 e. The summed E-state index contributed by atoms with van der Waals surface area (Å²) in [7, 11) is 0. The zero-order valence-electron chi connectivity index (χ0n) is 9.49. The molecule has 0 spiro atoms. The van der Waals surface area contributed by atoms with Gasteiger partial charge in [-0.05, 0) is 31.4 Å². The standard InChI is InChI=1S/C13H19NO/c1-10-5-3-4-6-12(10)9-14-13-7-8-15-11(13)2/h3-6,11,13-14H,7-9H2,1-2H3. The zero-order chi connectivity index (χ0) is 10.7. The van der Waals surface area contributed by atoms with Crippen molar-refractivity contribution in [3.63, 3.8) is 0 Å². The van der Waals surface area contributed by atoms with Crippen molar-refractivity contribution in [2.24, 2.45) is 0 Å². The van der Waals surface area contributed by atoms with Crippen LogP contribution in [0, 0.1) is 6.92 Å². The van der Waals surface area contributed by atoms with Gasteiger partial charge in [0.2, 0.25) is 0 Å². The summed E-state index contributed by atoms with van der Waals surface area (Å²) in [5.41, 5.74) is 2.74. The Morgan fingerprint density at radius 2 is 2.20 bits per heavy atom. The van der Waals surface area contributed by atoms with Gasteiger partial charge >= 0.3 is 0 Å². The molecule has 1 saturated heterocycles. The Balaban J connectivity index is 1.90. The number of aryl methyl sites for hydroxylation is 1. The Hall–Kier alpha value is -0.860. The highest BCUT2D eigenvalue weighted by Gasteiger charge is 2.23. The van der Waals surface area contributed by atoms with E-state index in [1.165, 1.54) is 11.1 Å². The normalized spacial score (nSPS) is 25.7. The van der Waals surface area contributed by atoms with Crippen LogP contribution in [0.15, 0.2) is 24.3 Å². The second kappa shape index (κ2) is 4.77. The third-order valence-corrected chi connectivity index (χ3v) is 3.19. The fourth-order valence-corrected chi connectivity index (χ4v) is 2.05. The summed E-state index contributed by atoms with van der Waals surface area (Å²) < 4.78 is 5.52. The minimum Gasteiger partial charge on any atom is -0.377 e. The number of hydrogen-bond donors (Lipinski definition) is 1. The minimum atomic E-state index is 0.356. The number of benzene rings is 1. The van der Waals surface area contributed by atoms with Gasteiger partial charge in [0.15, 0.2) is 0 Å². The van der Waals surface area contributed by atoms with Crippen LogP contribution in [-0.2, 0) is 11.3 Å². The van der Waals surface area contributed by atoms with Gasteiger partial charge in [0.05, 0.1) is 6.10 Å². The molecule has 2 unspecified atom stereocenters. The fraction of sp³-hybridized carbons (Fsp3) is 0.538. The second-order valence-corrected chi connectivity index (χ2v) is 4.28. The number of rotatable bonds is 3. The minimum absolute atomic E-state index is 0.356. The first-order valence-corrected chi connectivity index (χ1v) is 5.67. The highest BCUT2D eigenvalue weighted by Crippen LogP contribution is 2.14. The molecule has 82 valence electrons. The average Bonchev–Trinajstić information content (AvgIpc) is 2.63. The number of nitrogens with one attached hydrogen (secondary N) is 1. The molecule has 0 amide bonds. The van der Waals surface area contributed by atoms with Gasteiger partial charge in [-0.15, -0.1) is 0 Å². The molecule has 1 heterocycles. The predicted molar refractivity (Wildman–Crippen MR) is 61.8 cm³/mol. The van der Waals surface area contributed by atoms with Gasteiger partial charge in [0, 0.05) is 19.2 Å². The molecule has 2 heteroatoms. The van der Waals surface area contributed by atoms with Crippen molar-refractivity contribution in [2.45, 2.75) is 39.0 Å². The molecule has 0 aliphatic carbocycles. The Labute approximate surface area is 91.6 Å². The van der Waals surface area contributed by atoms with Gasteiger partial charge in [-0.1, -0.05) is 24.3 Å². The molecule has 0 aromatic heterocycles. The fourth-order valence-electron chi connectivity index (χ4n) is 2.05. The summed E-state index contributed by atoms with van der Waals surface area (Å²) in [6, 6.07) is 9.04. The molecule has 1 aliphatic rings. The first kappa shape index (κ1) is 10.7. The number of ether oxygens (including phenoxy) is 1. The van der Waals surface area contributed by atoms with E-state index < -0.39 is 0 Å². The maximum absolute atomic E-state index is 5.52. The lowest BCUT2D eigenvalue weighted by molar-refractivity contribution is 0.113. The molecule has 15 heavy (non-hydrogen) atoms. The van der Waals surface area contributed by atoms with E-state index in [1.807, 2.05) is 0 Å². The van der Waals surface area contributed by atoms with Crippen LogP contribution >= 0.6 is 0 Å². The van der Waals surface area contributed by atoms with E-state index in [4.69, 9.17) is 4.74 Å². The molecule has 1 aliphatic heterocycles. The predicted octanol–water partition coefficient (Wildman–Crippen LogP) is 2.26. The van der Waals surface area contributed by atoms with Gasteiger partial charge in [0.25, 0.3) is 0 Å². The lowest BCUT2D eigenvalue weighted by Gasteiger charge is -2.16.